The number of anilines is 1. The molecule has 26 heavy (non-hydrogen) atoms. The number of rotatable bonds is 4. The molecule has 0 radical (unpaired) electrons. The Kier molecular flexibility index (Phi) is 4.51. The van der Waals surface area contributed by atoms with E-state index in [0.29, 0.717) is 6.54 Å². The first kappa shape index (κ1) is 17.2. The van der Waals surface area contributed by atoms with Crippen molar-refractivity contribution < 1.29 is 5.11 Å². The standard InChI is InChI=1S/C21H26N4O/c1-24(2)15-21(26)8-11-25(12-9-21)19-13-16(7-10-22-19)20-18-6-4-3-5-17(18)14-23-20/h3-7,10,13,26H,8-9,11-12,14-15H2,1-2H3. The SMILES string of the molecule is CN(C)CC1(O)CCN(c2cc(C3=NCc4ccccc43)ccn2)CC1. The number of pyridine rings is 1. The number of aromatic nitrogens is 1. The molecule has 4 rings (SSSR count). The molecular weight excluding hydrogens is 324 g/mol. The van der Waals surface area contributed by atoms with Crippen molar-refractivity contribution in [1.29, 1.82) is 0 Å². The number of likely N-dealkylation sites (N-methyl/N-ethyl adjacent to an activating group) is 1. The van der Waals surface area contributed by atoms with Gasteiger partial charge in [0.25, 0.3) is 0 Å². The fourth-order valence-electron chi connectivity index (χ4n) is 4.02. The van der Waals surface area contributed by atoms with Gasteiger partial charge in [-0.05, 0) is 44.6 Å². The summed E-state index contributed by atoms with van der Waals surface area (Å²) in [5, 5.41) is 10.7. The normalized spacial score (nSPS) is 18.8. The Morgan fingerprint density at radius 2 is 1.92 bits per heavy atom. The lowest BCUT2D eigenvalue weighted by atomic mass is 9.91. The van der Waals surface area contributed by atoms with E-state index in [-0.39, 0.29) is 0 Å². The minimum Gasteiger partial charge on any atom is -0.388 e. The molecule has 5 nitrogen and oxygen atoms in total. The number of hydrogen-bond donors (Lipinski definition) is 1. The van der Waals surface area contributed by atoms with Gasteiger partial charge < -0.3 is 14.9 Å². The van der Waals surface area contributed by atoms with Crippen molar-refractivity contribution in [3.8, 4) is 0 Å². The highest BCUT2D eigenvalue weighted by atomic mass is 16.3. The Morgan fingerprint density at radius 3 is 2.69 bits per heavy atom. The summed E-state index contributed by atoms with van der Waals surface area (Å²) in [5.74, 6) is 0.974. The quantitative estimate of drug-likeness (QED) is 0.919. The summed E-state index contributed by atoms with van der Waals surface area (Å²) in [6.07, 6.45) is 3.40. The van der Waals surface area contributed by atoms with Crippen LogP contribution in [0, 0.1) is 0 Å². The van der Waals surface area contributed by atoms with E-state index in [1.54, 1.807) is 0 Å². The number of aliphatic imine (C=N–C) groups is 1. The van der Waals surface area contributed by atoms with Crippen LogP contribution in [0.4, 0.5) is 5.82 Å². The van der Waals surface area contributed by atoms with E-state index >= 15 is 0 Å². The first-order chi connectivity index (χ1) is 12.5. The Labute approximate surface area is 155 Å². The molecule has 0 bridgehead atoms. The summed E-state index contributed by atoms with van der Waals surface area (Å²) in [6, 6.07) is 12.6. The predicted octanol–water partition coefficient (Wildman–Crippen LogP) is 2.33. The van der Waals surface area contributed by atoms with E-state index in [2.05, 4.69) is 45.1 Å². The Hall–Kier alpha value is -2.24. The second kappa shape index (κ2) is 6.82. The summed E-state index contributed by atoms with van der Waals surface area (Å²) in [6.45, 7) is 3.11. The Bertz CT molecular complexity index is 822. The lowest BCUT2D eigenvalue weighted by Crippen LogP contribution is -2.49. The first-order valence-corrected chi connectivity index (χ1v) is 9.25. The molecule has 0 unspecified atom stereocenters. The van der Waals surface area contributed by atoms with E-state index < -0.39 is 5.60 Å². The second-order valence-corrected chi connectivity index (χ2v) is 7.67. The van der Waals surface area contributed by atoms with Crippen LogP contribution in [-0.2, 0) is 6.54 Å². The van der Waals surface area contributed by atoms with Gasteiger partial charge in [0.1, 0.15) is 5.82 Å². The molecule has 0 amide bonds. The molecule has 0 atom stereocenters. The highest BCUT2D eigenvalue weighted by Gasteiger charge is 2.33. The number of hydrogen-bond acceptors (Lipinski definition) is 5. The maximum Gasteiger partial charge on any atom is 0.129 e. The second-order valence-electron chi connectivity index (χ2n) is 7.67. The third-order valence-corrected chi connectivity index (χ3v) is 5.33. The summed E-state index contributed by atoms with van der Waals surface area (Å²) in [4.78, 5) is 13.7. The van der Waals surface area contributed by atoms with Gasteiger partial charge in [0.2, 0.25) is 0 Å². The highest BCUT2D eigenvalue weighted by molar-refractivity contribution is 6.15. The molecule has 0 aliphatic carbocycles. The number of benzene rings is 1. The average Bonchev–Trinajstić information content (AvgIpc) is 3.06. The fraction of sp³-hybridized carbons (Fsp3) is 0.429. The maximum atomic E-state index is 10.7. The van der Waals surface area contributed by atoms with Crippen LogP contribution in [-0.4, -0.2) is 60.0 Å². The van der Waals surface area contributed by atoms with Crippen LogP contribution in [0.2, 0.25) is 0 Å². The zero-order chi connectivity index (χ0) is 18.1. The van der Waals surface area contributed by atoms with Gasteiger partial charge in [0.15, 0.2) is 0 Å². The first-order valence-electron chi connectivity index (χ1n) is 9.25. The molecule has 1 aromatic carbocycles. The Balaban J connectivity index is 1.51. The smallest absolute Gasteiger partial charge is 0.129 e. The van der Waals surface area contributed by atoms with Crippen LogP contribution in [0.15, 0.2) is 47.6 Å². The summed E-state index contributed by atoms with van der Waals surface area (Å²) in [7, 11) is 4.02. The molecule has 1 N–H and O–H groups in total. The predicted molar refractivity (Wildman–Crippen MR) is 105 cm³/mol. The highest BCUT2D eigenvalue weighted by Crippen LogP contribution is 2.28. The minimum atomic E-state index is -0.591. The molecule has 0 spiro atoms. The maximum absolute atomic E-state index is 10.7. The van der Waals surface area contributed by atoms with Gasteiger partial charge in [-0.15, -0.1) is 0 Å². The summed E-state index contributed by atoms with van der Waals surface area (Å²) < 4.78 is 0. The van der Waals surface area contributed by atoms with Gasteiger partial charge in [-0.25, -0.2) is 4.98 Å². The lowest BCUT2D eigenvalue weighted by molar-refractivity contribution is -0.00547. The largest absolute Gasteiger partial charge is 0.388 e. The van der Waals surface area contributed by atoms with Crippen molar-refractivity contribution in [2.24, 2.45) is 4.99 Å². The molecule has 1 aromatic heterocycles. The van der Waals surface area contributed by atoms with Crippen LogP contribution in [0.3, 0.4) is 0 Å². The van der Waals surface area contributed by atoms with Crippen LogP contribution < -0.4 is 4.90 Å². The molecule has 1 saturated heterocycles. The number of nitrogens with zero attached hydrogens (tertiary/aromatic N) is 4. The van der Waals surface area contributed by atoms with Crippen LogP contribution in [0.1, 0.15) is 29.5 Å². The van der Waals surface area contributed by atoms with Crippen molar-refractivity contribution in [2.45, 2.75) is 25.0 Å². The van der Waals surface area contributed by atoms with E-state index in [9.17, 15) is 5.11 Å². The van der Waals surface area contributed by atoms with Crippen molar-refractivity contribution in [3.63, 3.8) is 0 Å². The molecule has 2 aliphatic heterocycles. The fourth-order valence-corrected chi connectivity index (χ4v) is 4.02. The van der Waals surface area contributed by atoms with Gasteiger partial charge in [0.05, 0.1) is 17.9 Å². The number of aliphatic hydroxyl groups is 1. The summed E-state index contributed by atoms with van der Waals surface area (Å²) in [5.41, 5.74) is 4.10. The van der Waals surface area contributed by atoms with Gasteiger partial charge in [-0.2, -0.15) is 0 Å². The third-order valence-electron chi connectivity index (χ3n) is 5.33. The van der Waals surface area contributed by atoms with E-state index in [1.807, 2.05) is 26.4 Å². The minimum absolute atomic E-state index is 0.591. The van der Waals surface area contributed by atoms with Gasteiger partial charge in [0, 0.05) is 37.0 Å². The van der Waals surface area contributed by atoms with E-state index in [4.69, 9.17) is 4.99 Å². The lowest BCUT2D eigenvalue weighted by Gasteiger charge is -2.40. The Morgan fingerprint density at radius 1 is 1.15 bits per heavy atom. The molecule has 2 aromatic rings. The van der Waals surface area contributed by atoms with Crippen molar-refractivity contribution in [1.82, 2.24) is 9.88 Å². The average molecular weight is 350 g/mol. The summed E-state index contributed by atoms with van der Waals surface area (Å²) >= 11 is 0. The molecule has 3 heterocycles. The molecule has 1 fully saturated rings. The van der Waals surface area contributed by atoms with Crippen molar-refractivity contribution >= 4 is 11.5 Å². The van der Waals surface area contributed by atoms with Crippen LogP contribution >= 0.6 is 0 Å². The van der Waals surface area contributed by atoms with Crippen molar-refractivity contribution in [3.05, 3.63) is 59.3 Å². The van der Waals surface area contributed by atoms with E-state index in [1.165, 1.54) is 11.1 Å². The zero-order valence-electron chi connectivity index (χ0n) is 15.5. The monoisotopic (exact) mass is 350 g/mol. The molecule has 0 saturated carbocycles. The number of fused-ring (bicyclic) bond motifs is 1. The van der Waals surface area contributed by atoms with Crippen LogP contribution in [0.25, 0.3) is 0 Å². The molecular formula is C21H26N4O. The van der Waals surface area contributed by atoms with Gasteiger partial charge in [-0.3, -0.25) is 4.99 Å². The topological polar surface area (TPSA) is 52.0 Å². The molecule has 5 heteroatoms. The van der Waals surface area contributed by atoms with Gasteiger partial charge in [-0.1, -0.05) is 24.3 Å². The molecule has 136 valence electrons. The third kappa shape index (κ3) is 3.37. The van der Waals surface area contributed by atoms with Crippen LogP contribution in [0.5, 0.6) is 0 Å². The zero-order valence-corrected chi connectivity index (χ0v) is 15.5. The van der Waals surface area contributed by atoms with Crippen molar-refractivity contribution in [2.75, 3.05) is 38.6 Å². The number of piperidine rings is 1. The molecule has 2 aliphatic rings. The van der Waals surface area contributed by atoms with Gasteiger partial charge >= 0.3 is 0 Å². The van der Waals surface area contributed by atoms with E-state index in [0.717, 1.165) is 49.6 Å².